The lowest BCUT2D eigenvalue weighted by molar-refractivity contribution is -0.112. The van der Waals surface area contributed by atoms with Crippen LogP contribution in [0.5, 0.6) is 11.5 Å². The summed E-state index contributed by atoms with van der Waals surface area (Å²) in [4.78, 5) is 24.1. The van der Waals surface area contributed by atoms with Gasteiger partial charge in [0.1, 0.15) is 5.82 Å². The van der Waals surface area contributed by atoms with Crippen molar-refractivity contribution in [2.45, 2.75) is 0 Å². The van der Waals surface area contributed by atoms with Gasteiger partial charge in [-0.05, 0) is 48.0 Å². The molecule has 2 aromatic carbocycles. The zero-order valence-electron chi connectivity index (χ0n) is 12.9. The highest BCUT2D eigenvalue weighted by Crippen LogP contribution is 2.33. The van der Waals surface area contributed by atoms with E-state index in [0.29, 0.717) is 22.7 Å². The third-order valence-electron chi connectivity index (χ3n) is 3.89. The van der Waals surface area contributed by atoms with Gasteiger partial charge in [0, 0.05) is 11.3 Å². The molecular weight excluding hydrogens is 325 g/mol. The minimum absolute atomic E-state index is 0.148. The quantitative estimate of drug-likeness (QED) is 0.874. The van der Waals surface area contributed by atoms with E-state index < -0.39 is 11.7 Å². The normalized spacial score (nSPS) is 16.4. The molecule has 0 saturated carbocycles. The molecule has 0 unspecified atom stereocenters. The fraction of sp³-hybridized carbons (Fsp3) is 0.0526. The summed E-state index contributed by atoms with van der Waals surface area (Å²) in [5.74, 6) is 0.00856. The molecule has 0 fully saturated rings. The van der Waals surface area contributed by atoms with Crippen molar-refractivity contribution < 1.29 is 23.5 Å². The summed E-state index contributed by atoms with van der Waals surface area (Å²) >= 11 is 0. The van der Waals surface area contributed by atoms with Crippen molar-refractivity contribution in [2.24, 2.45) is 0 Å². The van der Waals surface area contributed by atoms with Crippen molar-refractivity contribution in [1.29, 1.82) is 0 Å². The number of carbonyl (C=O) groups is 2. The van der Waals surface area contributed by atoms with Crippen molar-refractivity contribution in [3.05, 3.63) is 65.5 Å². The third-order valence-corrected chi connectivity index (χ3v) is 3.89. The molecule has 2 heterocycles. The van der Waals surface area contributed by atoms with Crippen LogP contribution >= 0.6 is 0 Å². The number of nitrogens with one attached hydrogen (secondary N) is 1. The molecule has 0 saturated heterocycles. The lowest BCUT2D eigenvalue weighted by atomic mass is 10.1. The largest absolute Gasteiger partial charge is 0.454 e. The molecule has 0 aliphatic carbocycles. The summed E-state index contributed by atoms with van der Waals surface area (Å²) in [5.41, 5.74) is 1.79. The number of benzene rings is 2. The van der Waals surface area contributed by atoms with E-state index in [4.69, 9.17) is 9.47 Å². The summed E-state index contributed by atoms with van der Waals surface area (Å²) in [6.07, 6.45) is 4.15. The van der Waals surface area contributed by atoms with Gasteiger partial charge in [0.2, 0.25) is 6.79 Å². The molecule has 0 aromatic heterocycles. The van der Waals surface area contributed by atoms with Gasteiger partial charge < -0.3 is 14.8 Å². The van der Waals surface area contributed by atoms with E-state index in [9.17, 15) is 14.0 Å². The van der Waals surface area contributed by atoms with Crippen LogP contribution in [0.2, 0.25) is 0 Å². The SMILES string of the molecule is O=C(/C=C/c1ccc2c(c1)OCO2)/C=C1/C(=O)Nc2ccc(F)cc21. The van der Waals surface area contributed by atoms with Gasteiger partial charge in [0.05, 0.1) is 5.57 Å². The van der Waals surface area contributed by atoms with Gasteiger partial charge in [-0.25, -0.2) is 4.39 Å². The van der Waals surface area contributed by atoms with Crippen LogP contribution in [-0.2, 0) is 9.59 Å². The minimum atomic E-state index is -0.468. The lowest BCUT2D eigenvalue weighted by Gasteiger charge is -1.98. The summed E-state index contributed by atoms with van der Waals surface area (Å²) in [6.45, 7) is 0.179. The van der Waals surface area contributed by atoms with Crippen molar-refractivity contribution in [3.8, 4) is 11.5 Å². The maximum absolute atomic E-state index is 13.4. The van der Waals surface area contributed by atoms with E-state index in [1.54, 1.807) is 24.3 Å². The second kappa shape index (κ2) is 5.90. The fourth-order valence-corrected chi connectivity index (χ4v) is 2.69. The molecule has 0 atom stereocenters. The molecule has 25 heavy (non-hydrogen) atoms. The van der Waals surface area contributed by atoms with E-state index in [0.717, 1.165) is 5.56 Å². The predicted octanol–water partition coefficient (Wildman–Crippen LogP) is 3.17. The van der Waals surface area contributed by atoms with Crippen molar-refractivity contribution in [1.82, 2.24) is 0 Å². The van der Waals surface area contributed by atoms with Crippen LogP contribution < -0.4 is 14.8 Å². The van der Waals surface area contributed by atoms with Crippen molar-refractivity contribution in [3.63, 3.8) is 0 Å². The smallest absolute Gasteiger partial charge is 0.256 e. The zero-order valence-corrected chi connectivity index (χ0v) is 12.9. The van der Waals surface area contributed by atoms with Crippen molar-refractivity contribution in [2.75, 3.05) is 12.1 Å². The predicted molar refractivity (Wildman–Crippen MR) is 89.6 cm³/mol. The van der Waals surface area contributed by atoms with Crippen molar-refractivity contribution >= 4 is 29.0 Å². The Balaban J connectivity index is 1.57. The molecule has 5 nitrogen and oxygen atoms in total. The Morgan fingerprint density at radius 2 is 1.96 bits per heavy atom. The molecule has 1 amide bonds. The third kappa shape index (κ3) is 2.89. The first-order valence-electron chi connectivity index (χ1n) is 7.55. The van der Waals surface area contributed by atoms with Gasteiger partial charge in [0.15, 0.2) is 17.3 Å². The Morgan fingerprint density at radius 3 is 2.84 bits per heavy atom. The van der Waals surface area contributed by atoms with Crippen LogP contribution in [0.3, 0.4) is 0 Å². The van der Waals surface area contributed by atoms with Gasteiger partial charge in [-0.15, -0.1) is 0 Å². The number of anilines is 1. The molecule has 2 aliphatic rings. The number of hydrogen-bond donors (Lipinski definition) is 1. The molecule has 0 radical (unpaired) electrons. The Bertz CT molecular complexity index is 962. The number of carbonyl (C=O) groups excluding carboxylic acids is 2. The average Bonchev–Trinajstić information content (AvgIpc) is 3.17. The maximum Gasteiger partial charge on any atom is 0.256 e. The highest BCUT2D eigenvalue weighted by molar-refractivity contribution is 6.34. The molecule has 6 heteroatoms. The van der Waals surface area contributed by atoms with Crippen LogP contribution in [0.15, 0.2) is 48.6 Å². The Labute approximate surface area is 142 Å². The van der Waals surface area contributed by atoms with Crippen LogP contribution in [0, 0.1) is 5.82 Å². The second-order valence-electron chi connectivity index (χ2n) is 5.55. The lowest BCUT2D eigenvalue weighted by Crippen LogP contribution is -2.05. The number of rotatable bonds is 3. The molecule has 2 aromatic rings. The first-order valence-corrected chi connectivity index (χ1v) is 7.55. The highest BCUT2D eigenvalue weighted by Gasteiger charge is 2.25. The van der Waals surface area contributed by atoms with Gasteiger partial charge in [-0.3, -0.25) is 9.59 Å². The summed E-state index contributed by atoms with van der Waals surface area (Å²) in [7, 11) is 0. The second-order valence-corrected chi connectivity index (χ2v) is 5.55. The Hall–Kier alpha value is -3.41. The fourth-order valence-electron chi connectivity index (χ4n) is 2.69. The molecule has 0 spiro atoms. The van der Waals surface area contributed by atoms with E-state index >= 15 is 0 Å². The van der Waals surface area contributed by atoms with E-state index in [-0.39, 0.29) is 18.1 Å². The molecular formula is C19H12FNO4. The first-order chi connectivity index (χ1) is 12.1. The molecule has 2 aliphatic heterocycles. The van der Waals surface area contributed by atoms with E-state index in [2.05, 4.69) is 5.32 Å². The van der Waals surface area contributed by atoms with Crippen LogP contribution in [-0.4, -0.2) is 18.5 Å². The minimum Gasteiger partial charge on any atom is -0.454 e. The number of hydrogen-bond acceptors (Lipinski definition) is 4. The standard InChI is InChI=1S/C19H12FNO4/c20-12-3-5-16-14(8-12)15(19(23)21-16)9-13(22)4-1-11-2-6-17-18(7-11)25-10-24-17/h1-9H,10H2,(H,21,23)/b4-1+,15-9+. The Kier molecular flexibility index (Phi) is 3.57. The van der Waals surface area contributed by atoms with E-state index in [1.807, 2.05) is 0 Å². The van der Waals surface area contributed by atoms with Gasteiger partial charge in [-0.2, -0.15) is 0 Å². The number of fused-ring (bicyclic) bond motifs is 2. The number of halogens is 1. The number of amides is 1. The maximum atomic E-state index is 13.4. The van der Waals surface area contributed by atoms with E-state index in [1.165, 1.54) is 30.4 Å². The van der Waals surface area contributed by atoms with Crippen LogP contribution in [0.4, 0.5) is 10.1 Å². The van der Waals surface area contributed by atoms with Gasteiger partial charge in [0.25, 0.3) is 5.91 Å². The number of ether oxygens (including phenoxy) is 2. The first kappa shape index (κ1) is 15.1. The van der Waals surface area contributed by atoms with Crippen LogP contribution in [0.1, 0.15) is 11.1 Å². The monoisotopic (exact) mass is 337 g/mol. The van der Waals surface area contributed by atoms with Gasteiger partial charge >= 0.3 is 0 Å². The average molecular weight is 337 g/mol. The Morgan fingerprint density at radius 1 is 1.12 bits per heavy atom. The summed E-state index contributed by atoms with van der Waals surface area (Å²) in [5, 5.41) is 2.60. The molecule has 0 bridgehead atoms. The zero-order chi connectivity index (χ0) is 17.4. The molecule has 4 rings (SSSR count). The highest BCUT2D eigenvalue weighted by atomic mass is 19.1. The molecule has 124 valence electrons. The number of allylic oxidation sites excluding steroid dienone is 2. The van der Waals surface area contributed by atoms with Gasteiger partial charge in [-0.1, -0.05) is 12.1 Å². The summed E-state index contributed by atoms with van der Waals surface area (Å²) < 4.78 is 23.9. The van der Waals surface area contributed by atoms with Crippen LogP contribution in [0.25, 0.3) is 11.6 Å². The topological polar surface area (TPSA) is 64.6 Å². The number of ketones is 1. The summed E-state index contributed by atoms with van der Waals surface area (Å²) in [6, 6.07) is 9.26. The molecule has 1 N–H and O–H groups in total.